The second-order valence-electron chi connectivity index (χ2n) is 8.77. The van der Waals surface area contributed by atoms with Gasteiger partial charge in [-0.1, -0.05) is 0 Å². The van der Waals surface area contributed by atoms with E-state index in [4.69, 9.17) is 9.47 Å². The second-order valence-corrected chi connectivity index (χ2v) is 9.81. The molecule has 0 unspecified atom stereocenters. The first-order valence-electron chi connectivity index (χ1n) is 12.1. The van der Waals surface area contributed by atoms with Gasteiger partial charge in [-0.3, -0.25) is 4.90 Å². The Morgan fingerprint density at radius 2 is 1.67 bits per heavy atom. The van der Waals surface area contributed by atoms with E-state index in [-0.39, 0.29) is 5.82 Å². The molecular weight excluding hydrogens is 477 g/mol. The SMILES string of the molecule is COc1cc(OC)nc(Sc2ccc(N3CCN(CCCc4c[nH]c5ccc(F)cc45)CC3)cc2)n1. The fourth-order valence-electron chi connectivity index (χ4n) is 4.55. The molecule has 9 heteroatoms. The van der Waals surface area contributed by atoms with Crippen molar-refractivity contribution in [1.29, 1.82) is 0 Å². The lowest BCUT2D eigenvalue weighted by Gasteiger charge is -2.36. The van der Waals surface area contributed by atoms with Gasteiger partial charge in [-0.2, -0.15) is 9.97 Å². The maximum atomic E-state index is 13.6. The highest BCUT2D eigenvalue weighted by Crippen LogP contribution is 2.30. The van der Waals surface area contributed by atoms with Crippen LogP contribution in [0.3, 0.4) is 0 Å². The van der Waals surface area contributed by atoms with Gasteiger partial charge in [0, 0.05) is 53.9 Å². The van der Waals surface area contributed by atoms with Gasteiger partial charge in [-0.05, 0) is 79.2 Å². The number of benzene rings is 2. The Bertz CT molecular complexity index is 1280. The summed E-state index contributed by atoms with van der Waals surface area (Å²) in [7, 11) is 3.16. The molecule has 3 heterocycles. The molecule has 1 N–H and O–H groups in total. The predicted molar refractivity (Wildman–Crippen MR) is 141 cm³/mol. The van der Waals surface area contributed by atoms with Gasteiger partial charge in [0.25, 0.3) is 0 Å². The van der Waals surface area contributed by atoms with E-state index < -0.39 is 0 Å². The van der Waals surface area contributed by atoms with Crippen LogP contribution in [0.1, 0.15) is 12.0 Å². The molecule has 2 aromatic heterocycles. The molecule has 1 aliphatic rings. The van der Waals surface area contributed by atoms with Gasteiger partial charge < -0.3 is 19.4 Å². The number of aromatic amines is 1. The van der Waals surface area contributed by atoms with Crippen LogP contribution in [0.2, 0.25) is 0 Å². The van der Waals surface area contributed by atoms with Crippen LogP contribution in [-0.2, 0) is 6.42 Å². The van der Waals surface area contributed by atoms with Crippen LogP contribution >= 0.6 is 11.8 Å². The molecule has 5 rings (SSSR count). The number of nitrogens with zero attached hydrogens (tertiary/aromatic N) is 4. The summed E-state index contributed by atoms with van der Waals surface area (Å²) in [5.74, 6) is 0.781. The van der Waals surface area contributed by atoms with Crippen molar-refractivity contribution in [3.63, 3.8) is 0 Å². The number of nitrogens with one attached hydrogen (secondary N) is 1. The Labute approximate surface area is 214 Å². The molecule has 2 aromatic carbocycles. The predicted octanol–water partition coefficient (Wildman–Crippen LogP) is 5.02. The Morgan fingerprint density at radius 1 is 0.944 bits per heavy atom. The highest BCUT2D eigenvalue weighted by Gasteiger charge is 2.17. The number of aromatic nitrogens is 3. The van der Waals surface area contributed by atoms with E-state index in [2.05, 4.69) is 49.0 Å². The van der Waals surface area contributed by atoms with Crippen LogP contribution in [0.4, 0.5) is 10.1 Å². The largest absolute Gasteiger partial charge is 0.481 e. The number of rotatable bonds is 9. The van der Waals surface area contributed by atoms with E-state index in [1.54, 1.807) is 26.4 Å². The fraction of sp³-hybridized carbons (Fsp3) is 0.333. The number of piperazine rings is 1. The van der Waals surface area contributed by atoms with Gasteiger partial charge >= 0.3 is 0 Å². The number of hydrogen-bond acceptors (Lipinski definition) is 7. The average Bonchev–Trinajstić information content (AvgIpc) is 3.31. The van der Waals surface area contributed by atoms with E-state index in [1.807, 2.05) is 12.3 Å². The van der Waals surface area contributed by atoms with E-state index >= 15 is 0 Å². The van der Waals surface area contributed by atoms with Crippen molar-refractivity contribution in [3.8, 4) is 11.8 Å². The lowest BCUT2D eigenvalue weighted by atomic mass is 10.1. The number of ether oxygens (including phenoxy) is 2. The van der Waals surface area contributed by atoms with Crippen molar-refractivity contribution in [2.45, 2.75) is 22.9 Å². The zero-order valence-electron chi connectivity index (χ0n) is 20.5. The van der Waals surface area contributed by atoms with Gasteiger partial charge in [0.15, 0.2) is 5.16 Å². The molecular formula is C27H30FN5O2S. The quantitative estimate of drug-likeness (QED) is 0.319. The van der Waals surface area contributed by atoms with E-state index in [1.165, 1.54) is 29.1 Å². The van der Waals surface area contributed by atoms with Crippen molar-refractivity contribution < 1.29 is 13.9 Å². The summed E-state index contributed by atoms with van der Waals surface area (Å²) in [6.45, 7) is 5.13. The lowest BCUT2D eigenvalue weighted by Crippen LogP contribution is -2.46. The summed E-state index contributed by atoms with van der Waals surface area (Å²) in [6, 6.07) is 15.1. The van der Waals surface area contributed by atoms with Crippen LogP contribution in [0.5, 0.6) is 11.8 Å². The minimum atomic E-state index is -0.181. The molecule has 0 bridgehead atoms. The Hall–Kier alpha value is -3.30. The maximum Gasteiger partial charge on any atom is 0.220 e. The average molecular weight is 508 g/mol. The third-order valence-electron chi connectivity index (χ3n) is 6.51. The molecule has 0 atom stereocenters. The minimum absolute atomic E-state index is 0.181. The number of methoxy groups -OCH3 is 2. The topological polar surface area (TPSA) is 66.5 Å². The van der Waals surface area contributed by atoms with Gasteiger partial charge in [0.1, 0.15) is 5.82 Å². The van der Waals surface area contributed by atoms with Crippen LogP contribution in [0.25, 0.3) is 10.9 Å². The summed E-state index contributed by atoms with van der Waals surface area (Å²) >= 11 is 1.48. The molecule has 36 heavy (non-hydrogen) atoms. The summed E-state index contributed by atoms with van der Waals surface area (Å²) in [5, 5.41) is 1.59. The third kappa shape index (κ3) is 5.74. The minimum Gasteiger partial charge on any atom is -0.481 e. The van der Waals surface area contributed by atoms with Gasteiger partial charge in [0.2, 0.25) is 11.8 Å². The normalized spacial score (nSPS) is 14.4. The molecule has 0 radical (unpaired) electrons. The van der Waals surface area contributed by atoms with Crippen LogP contribution in [-0.4, -0.2) is 66.8 Å². The van der Waals surface area contributed by atoms with Gasteiger partial charge in [-0.25, -0.2) is 4.39 Å². The number of H-pyrrole nitrogens is 1. The Balaban J connectivity index is 1.10. The molecule has 0 spiro atoms. The zero-order chi connectivity index (χ0) is 24.9. The number of fused-ring (bicyclic) bond motifs is 1. The number of aryl methyl sites for hydroxylation is 1. The van der Waals surface area contributed by atoms with Gasteiger partial charge in [-0.15, -0.1) is 0 Å². The molecule has 0 aliphatic carbocycles. The zero-order valence-corrected chi connectivity index (χ0v) is 21.4. The van der Waals surface area contributed by atoms with Crippen LogP contribution < -0.4 is 14.4 Å². The summed E-state index contributed by atoms with van der Waals surface area (Å²) < 4.78 is 24.1. The van der Waals surface area contributed by atoms with E-state index in [0.29, 0.717) is 16.9 Å². The number of anilines is 1. The monoisotopic (exact) mass is 507 g/mol. The summed E-state index contributed by atoms with van der Waals surface area (Å²) in [6.07, 6.45) is 4.03. The van der Waals surface area contributed by atoms with Gasteiger partial charge in [0.05, 0.1) is 20.3 Å². The number of halogens is 1. The first-order valence-corrected chi connectivity index (χ1v) is 12.9. The summed E-state index contributed by atoms with van der Waals surface area (Å²) in [4.78, 5) is 18.0. The molecule has 7 nitrogen and oxygen atoms in total. The van der Waals surface area contributed by atoms with Crippen molar-refractivity contribution >= 4 is 28.4 Å². The smallest absolute Gasteiger partial charge is 0.220 e. The first kappa shape index (κ1) is 24.4. The molecule has 1 saturated heterocycles. The van der Waals surface area contributed by atoms with Crippen molar-refractivity contribution in [1.82, 2.24) is 19.9 Å². The molecule has 0 saturated carbocycles. The first-order chi connectivity index (χ1) is 17.6. The van der Waals surface area contributed by atoms with E-state index in [9.17, 15) is 4.39 Å². The molecule has 0 amide bonds. The highest BCUT2D eigenvalue weighted by molar-refractivity contribution is 7.99. The molecule has 1 aliphatic heterocycles. The number of hydrogen-bond donors (Lipinski definition) is 1. The third-order valence-corrected chi connectivity index (χ3v) is 7.38. The summed E-state index contributed by atoms with van der Waals surface area (Å²) in [5.41, 5.74) is 3.42. The second kappa shape index (κ2) is 11.2. The van der Waals surface area contributed by atoms with Crippen LogP contribution in [0.15, 0.2) is 64.8 Å². The van der Waals surface area contributed by atoms with Crippen molar-refractivity contribution in [2.75, 3.05) is 51.8 Å². The van der Waals surface area contributed by atoms with E-state index in [0.717, 1.165) is 61.4 Å². The van der Waals surface area contributed by atoms with Crippen molar-refractivity contribution in [2.24, 2.45) is 0 Å². The standard InChI is InChI=1S/C27H30FN5O2S/c1-34-25-17-26(35-2)31-27(30-25)36-22-8-6-21(7-9-22)33-14-12-32(13-15-33)11-3-4-19-18-29-24-10-5-20(28)16-23(19)24/h5-10,16-18,29H,3-4,11-15H2,1-2H3. The highest BCUT2D eigenvalue weighted by atomic mass is 32.2. The van der Waals surface area contributed by atoms with Crippen molar-refractivity contribution in [3.05, 3.63) is 66.1 Å². The Morgan fingerprint density at radius 3 is 2.36 bits per heavy atom. The molecule has 188 valence electrons. The fourth-order valence-corrected chi connectivity index (χ4v) is 5.30. The Kier molecular flexibility index (Phi) is 7.58. The van der Waals surface area contributed by atoms with Crippen LogP contribution in [0, 0.1) is 5.82 Å². The maximum absolute atomic E-state index is 13.6. The molecule has 4 aromatic rings. The molecule has 1 fully saturated rings. The lowest BCUT2D eigenvalue weighted by molar-refractivity contribution is 0.255.